The molecule has 0 spiro atoms. The van der Waals surface area contributed by atoms with Gasteiger partial charge >= 0.3 is 0 Å². The van der Waals surface area contributed by atoms with Crippen LogP contribution in [0.2, 0.25) is 0 Å². The maximum absolute atomic E-state index is 11.7. The van der Waals surface area contributed by atoms with Gasteiger partial charge in [-0.15, -0.1) is 11.8 Å². The number of thioether (sulfide) groups is 1. The van der Waals surface area contributed by atoms with E-state index in [0.29, 0.717) is 6.42 Å². The zero-order valence-electron chi connectivity index (χ0n) is 6.32. The molecule has 0 heterocycles. The highest BCUT2D eigenvalue weighted by atomic mass is 32.2. The zero-order chi connectivity index (χ0) is 7.98. The minimum Gasteiger partial charge on any atom is -0.251 e. The van der Waals surface area contributed by atoms with Crippen LogP contribution in [0.5, 0.6) is 0 Å². The quantitative estimate of drug-likeness (QED) is 0.557. The second kappa shape index (κ2) is 5.54. The molecule has 0 aliphatic carbocycles. The van der Waals surface area contributed by atoms with Crippen molar-refractivity contribution in [2.45, 2.75) is 13.3 Å². The number of hydrogen-bond acceptors (Lipinski definition) is 1. The molecule has 0 amide bonds. The SMILES string of the molecule is C=C(CCF)CSC(=C)C. The molecule has 0 aliphatic rings. The molecule has 0 aliphatic heterocycles. The standard InChI is InChI=1S/C8H13FS/c1-7(2)10-6-8(3)4-5-9/h1,3-6H2,2H3. The minimum atomic E-state index is -0.296. The molecular formula is C8H13FS. The second-order valence-corrected chi connectivity index (χ2v) is 3.45. The van der Waals surface area contributed by atoms with Crippen molar-refractivity contribution >= 4 is 11.8 Å². The summed E-state index contributed by atoms with van der Waals surface area (Å²) in [6, 6.07) is 0. The van der Waals surface area contributed by atoms with Gasteiger partial charge < -0.3 is 0 Å². The van der Waals surface area contributed by atoms with Crippen molar-refractivity contribution in [2.75, 3.05) is 12.4 Å². The average molecular weight is 160 g/mol. The number of hydrogen-bond donors (Lipinski definition) is 0. The molecule has 58 valence electrons. The Morgan fingerprint density at radius 1 is 1.50 bits per heavy atom. The molecule has 0 radical (unpaired) electrons. The minimum absolute atomic E-state index is 0.296. The normalized spacial score (nSPS) is 9.40. The third-order valence-corrected chi connectivity index (χ3v) is 2.02. The Bertz CT molecular complexity index is 129. The highest BCUT2D eigenvalue weighted by molar-refractivity contribution is 8.03. The Kier molecular flexibility index (Phi) is 5.40. The van der Waals surface area contributed by atoms with E-state index >= 15 is 0 Å². The summed E-state index contributed by atoms with van der Waals surface area (Å²) in [6.45, 7) is 9.07. The lowest BCUT2D eigenvalue weighted by atomic mass is 10.3. The predicted molar refractivity (Wildman–Crippen MR) is 47.0 cm³/mol. The van der Waals surface area contributed by atoms with Crippen LogP contribution in [-0.2, 0) is 0 Å². The van der Waals surface area contributed by atoms with Crippen molar-refractivity contribution in [1.82, 2.24) is 0 Å². The highest BCUT2D eigenvalue weighted by Crippen LogP contribution is 2.16. The van der Waals surface area contributed by atoms with Crippen LogP contribution in [0, 0.1) is 0 Å². The summed E-state index contributed by atoms with van der Waals surface area (Å²) in [4.78, 5) is 1.06. The summed E-state index contributed by atoms with van der Waals surface area (Å²) in [5.74, 6) is 0.805. The van der Waals surface area contributed by atoms with Crippen molar-refractivity contribution < 1.29 is 4.39 Å². The first-order chi connectivity index (χ1) is 4.66. The largest absolute Gasteiger partial charge is 0.251 e. The molecular weight excluding hydrogens is 147 g/mol. The van der Waals surface area contributed by atoms with Crippen LogP contribution in [0.3, 0.4) is 0 Å². The van der Waals surface area contributed by atoms with E-state index < -0.39 is 0 Å². The molecule has 0 aromatic heterocycles. The average Bonchev–Trinajstić information content (AvgIpc) is 1.85. The monoisotopic (exact) mass is 160 g/mol. The van der Waals surface area contributed by atoms with Gasteiger partial charge in [-0.3, -0.25) is 4.39 Å². The summed E-state index contributed by atoms with van der Waals surface area (Å²) in [7, 11) is 0. The van der Waals surface area contributed by atoms with E-state index in [1.54, 1.807) is 11.8 Å². The molecule has 0 bridgehead atoms. The van der Waals surface area contributed by atoms with Crippen LogP contribution in [0.25, 0.3) is 0 Å². The third-order valence-electron chi connectivity index (χ3n) is 0.971. The van der Waals surface area contributed by atoms with Gasteiger partial charge in [-0.25, -0.2) is 0 Å². The Morgan fingerprint density at radius 2 is 2.10 bits per heavy atom. The van der Waals surface area contributed by atoms with Crippen LogP contribution in [-0.4, -0.2) is 12.4 Å². The van der Waals surface area contributed by atoms with Crippen LogP contribution >= 0.6 is 11.8 Å². The van der Waals surface area contributed by atoms with E-state index in [0.717, 1.165) is 16.2 Å². The Balaban J connectivity index is 3.30. The summed E-state index contributed by atoms with van der Waals surface area (Å²) >= 11 is 1.62. The van der Waals surface area contributed by atoms with Gasteiger partial charge in [0.2, 0.25) is 0 Å². The fraction of sp³-hybridized carbons (Fsp3) is 0.500. The molecule has 0 aromatic carbocycles. The third kappa shape index (κ3) is 5.89. The highest BCUT2D eigenvalue weighted by Gasteiger charge is 1.93. The van der Waals surface area contributed by atoms with Gasteiger partial charge in [0.25, 0.3) is 0 Å². The summed E-state index contributed by atoms with van der Waals surface area (Å²) in [5, 5.41) is 0. The Morgan fingerprint density at radius 3 is 2.50 bits per heavy atom. The lowest BCUT2D eigenvalue weighted by Gasteiger charge is -2.00. The first-order valence-electron chi connectivity index (χ1n) is 3.17. The molecule has 2 heteroatoms. The Labute approximate surface area is 66.2 Å². The predicted octanol–water partition coefficient (Wildman–Crippen LogP) is 3.17. The van der Waals surface area contributed by atoms with E-state index in [1.165, 1.54) is 0 Å². The molecule has 0 rings (SSSR count). The summed E-state index contributed by atoms with van der Waals surface area (Å²) < 4.78 is 11.7. The van der Waals surface area contributed by atoms with Gasteiger partial charge in [-0.05, 0) is 18.2 Å². The molecule has 0 N–H and O–H groups in total. The van der Waals surface area contributed by atoms with E-state index in [4.69, 9.17) is 0 Å². The van der Waals surface area contributed by atoms with Crippen LogP contribution < -0.4 is 0 Å². The van der Waals surface area contributed by atoms with E-state index in [-0.39, 0.29) is 6.67 Å². The molecule has 0 nitrogen and oxygen atoms in total. The first-order valence-corrected chi connectivity index (χ1v) is 4.16. The molecule has 0 unspecified atom stereocenters. The Hall–Kier alpha value is -0.240. The molecule has 0 aromatic rings. The number of halogens is 1. The summed E-state index contributed by atoms with van der Waals surface area (Å²) in [5.41, 5.74) is 0.954. The van der Waals surface area contributed by atoms with Crippen molar-refractivity contribution in [1.29, 1.82) is 0 Å². The van der Waals surface area contributed by atoms with Crippen molar-refractivity contribution in [3.8, 4) is 0 Å². The van der Waals surface area contributed by atoms with E-state index in [9.17, 15) is 4.39 Å². The van der Waals surface area contributed by atoms with Gasteiger partial charge in [-0.2, -0.15) is 0 Å². The van der Waals surface area contributed by atoms with Crippen LogP contribution in [0.1, 0.15) is 13.3 Å². The zero-order valence-corrected chi connectivity index (χ0v) is 7.14. The van der Waals surface area contributed by atoms with Crippen molar-refractivity contribution in [3.05, 3.63) is 23.6 Å². The number of alkyl halides is 1. The smallest absolute Gasteiger partial charge is 0.0931 e. The van der Waals surface area contributed by atoms with E-state index in [1.807, 2.05) is 6.92 Å². The lowest BCUT2D eigenvalue weighted by Crippen LogP contribution is -1.86. The number of rotatable bonds is 5. The van der Waals surface area contributed by atoms with Gasteiger partial charge in [-0.1, -0.05) is 18.7 Å². The molecule has 0 saturated heterocycles. The van der Waals surface area contributed by atoms with Crippen LogP contribution in [0.15, 0.2) is 23.6 Å². The topological polar surface area (TPSA) is 0 Å². The maximum Gasteiger partial charge on any atom is 0.0931 e. The lowest BCUT2D eigenvalue weighted by molar-refractivity contribution is 0.495. The maximum atomic E-state index is 11.7. The van der Waals surface area contributed by atoms with Gasteiger partial charge in [0, 0.05) is 5.75 Å². The fourth-order valence-electron chi connectivity index (χ4n) is 0.431. The fourth-order valence-corrected chi connectivity index (χ4v) is 1.03. The summed E-state index contributed by atoms with van der Waals surface area (Å²) in [6.07, 6.45) is 0.486. The molecule has 10 heavy (non-hydrogen) atoms. The molecule has 0 atom stereocenters. The van der Waals surface area contributed by atoms with E-state index in [2.05, 4.69) is 13.2 Å². The number of allylic oxidation sites excluding steroid dienone is 1. The second-order valence-electron chi connectivity index (χ2n) is 2.18. The van der Waals surface area contributed by atoms with Crippen molar-refractivity contribution in [3.63, 3.8) is 0 Å². The first kappa shape index (κ1) is 9.76. The van der Waals surface area contributed by atoms with Gasteiger partial charge in [0.1, 0.15) is 0 Å². The molecule has 0 fully saturated rings. The molecule has 0 saturated carbocycles. The van der Waals surface area contributed by atoms with Gasteiger partial charge in [0.15, 0.2) is 0 Å². The van der Waals surface area contributed by atoms with Crippen molar-refractivity contribution in [2.24, 2.45) is 0 Å². The van der Waals surface area contributed by atoms with Gasteiger partial charge in [0.05, 0.1) is 6.67 Å². The van der Waals surface area contributed by atoms with Crippen LogP contribution in [0.4, 0.5) is 4.39 Å².